The lowest BCUT2D eigenvalue weighted by Gasteiger charge is -2.31. The van der Waals surface area contributed by atoms with Gasteiger partial charge in [-0.3, -0.25) is 0 Å². The van der Waals surface area contributed by atoms with Crippen molar-refractivity contribution < 1.29 is 19.3 Å². The van der Waals surface area contributed by atoms with Crippen LogP contribution in [0.4, 0.5) is 0 Å². The minimum absolute atomic E-state index is 0.0264. The number of rotatable bonds is 7. The van der Waals surface area contributed by atoms with Crippen molar-refractivity contribution in [2.75, 3.05) is 19.8 Å². The van der Waals surface area contributed by atoms with Gasteiger partial charge >= 0.3 is 0 Å². The van der Waals surface area contributed by atoms with E-state index < -0.39 is 6.10 Å². The molecule has 0 unspecified atom stereocenters. The van der Waals surface area contributed by atoms with Crippen LogP contribution in [0.3, 0.4) is 0 Å². The van der Waals surface area contributed by atoms with Crippen LogP contribution < -0.4 is 19.5 Å². The standard InChI is InChI=1S/C19H22ClNO4/c1-13(19-12-24-17-4-2-3-5-18(17)25-19)21-10-15(22)11-23-16-8-6-14(20)7-9-16/h2-9,13,15,19,21-22H,10-12H2,1H3/t13-,15-,19-/m0/s1. The molecule has 0 fully saturated rings. The van der Waals surface area contributed by atoms with E-state index in [4.69, 9.17) is 25.8 Å². The van der Waals surface area contributed by atoms with Crippen molar-refractivity contribution in [3.05, 3.63) is 53.6 Å². The van der Waals surface area contributed by atoms with Crippen LogP contribution in [0.15, 0.2) is 48.5 Å². The van der Waals surface area contributed by atoms with Crippen LogP contribution in [0.2, 0.25) is 5.02 Å². The summed E-state index contributed by atoms with van der Waals surface area (Å²) in [6.07, 6.45) is -0.741. The number of fused-ring (bicyclic) bond motifs is 1. The highest BCUT2D eigenvalue weighted by atomic mass is 35.5. The highest BCUT2D eigenvalue weighted by molar-refractivity contribution is 6.30. The number of aliphatic hydroxyl groups excluding tert-OH is 1. The molecule has 0 radical (unpaired) electrons. The fourth-order valence-corrected chi connectivity index (χ4v) is 2.64. The van der Waals surface area contributed by atoms with Crippen LogP contribution >= 0.6 is 11.6 Å². The number of para-hydroxylation sites is 2. The average molecular weight is 364 g/mol. The molecule has 1 heterocycles. The third-order valence-electron chi connectivity index (χ3n) is 4.02. The summed E-state index contributed by atoms with van der Waals surface area (Å²) < 4.78 is 17.2. The topological polar surface area (TPSA) is 60.0 Å². The molecule has 0 saturated heterocycles. The first-order chi connectivity index (χ1) is 12.1. The second-order valence-corrected chi connectivity index (χ2v) is 6.47. The second kappa shape index (κ2) is 8.43. The number of halogens is 1. The van der Waals surface area contributed by atoms with Crippen molar-refractivity contribution in [2.24, 2.45) is 0 Å². The summed E-state index contributed by atoms with van der Waals surface area (Å²) in [4.78, 5) is 0. The number of aliphatic hydroxyl groups is 1. The molecule has 0 bridgehead atoms. The molecule has 0 aliphatic carbocycles. The third kappa shape index (κ3) is 5.01. The molecule has 0 spiro atoms. The van der Waals surface area contributed by atoms with Gasteiger partial charge in [-0.1, -0.05) is 23.7 Å². The molecule has 1 aliphatic rings. The number of hydrogen-bond acceptors (Lipinski definition) is 5. The first kappa shape index (κ1) is 17.9. The average Bonchev–Trinajstić information content (AvgIpc) is 2.65. The Labute approximate surface area is 152 Å². The van der Waals surface area contributed by atoms with Crippen molar-refractivity contribution in [3.8, 4) is 17.2 Å². The van der Waals surface area contributed by atoms with E-state index in [9.17, 15) is 5.11 Å². The molecule has 5 nitrogen and oxygen atoms in total. The largest absolute Gasteiger partial charge is 0.491 e. The molecule has 25 heavy (non-hydrogen) atoms. The van der Waals surface area contributed by atoms with E-state index in [1.165, 1.54) is 0 Å². The molecule has 0 saturated carbocycles. The van der Waals surface area contributed by atoms with E-state index >= 15 is 0 Å². The summed E-state index contributed by atoms with van der Waals surface area (Å²) in [5.41, 5.74) is 0. The predicted octanol–water partition coefficient (Wildman–Crippen LogP) is 2.90. The Kier molecular flexibility index (Phi) is 6.02. The highest BCUT2D eigenvalue weighted by Gasteiger charge is 2.26. The van der Waals surface area contributed by atoms with Crippen LogP contribution in [0.25, 0.3) is 0 Å². The second-order valence-electron chi connectivity index (χ2n) is 6.03. The Morgan fingerprint density at radius 1 is 1.20 bits per heavy atom. The van der Waals surface area contributed by atoms with Gasteiger partial charge in [0.05, 0.1) is 0 Å². The Balaban J connectivity index is 1.41. The van der Waals surface area contributed by atoms with Gasteiger partial charge in [-0.15, -0.1) is 0 Å². The van der Waals surface area contributed by atoms with Gasteiger partial charge in [-0.25, -0.2) is 0 Å². The monoisotopic (exact) mass is 363 g/mol. The van der Waals surface area contributed by atoms with Crippen LogP contribution in [-0.2, 0) is 0 Å². The number of benzene rings is 2. The molecular formula is C19H22ClNO4. The minimum atomic E-state index is -0.630. The summed E-state index contributed by atoms with van der Waals surface area (Å²) in [5.74, 6) is 2.19. The van der Waals surface area contributed by atoms with E-state index in [-0.39, 0.29) is 18.8 Å². The molecule has 1 aliphatic heterocycles. The van der Waals surface area contributed by atoms with Crippen LogP contribution in [0.5, 0.6) is 17.2 Å². The van der Waals surface area contributed by atoms with Gasteiger partial charge in [0.25, 0.3) is 0 Å². The van der Waals surface area contributed by atoms with Gasteiger partial charge in [0.2, 0.25) is 0 Å². The van der Waals surface area contributed by atoms with Crippen molar-refractivity contribution in [2.45, 2.75) is 25.2 Å². The lowest BCUT2D eigenvalue weighted by molar-refractivity contribution is 0.0557. The summed E-state index contributed by atoms with van der Waals surface area (Å²) in [6, 6.07) is 14.7. The van der Waals surface area contributed by atoms with Crippen LogP contribution in [0.1, 0.15) is 6.92 Å². The SMILES string of the molecule is C[C@H](NC[C@H](O)COc1ccc(Cl)cc1)[C@@H]1COc2ccccc2O1. The quantitative estimate of drug-likeness (QED) is 0.792. The molecule has 2 aromatic rings. The Morgan fingerprint density at radius 2 is 1.92 bits per heavy atom. The van der Waals surface area contributed by atoms with Gasteiger partial charge < -0.3 is 24.6 Å². The van der Waals surface area contributed by atoms with Crippen molar-refractivity contribution in [3.63, 3.8) is 0 Å². The number of hydrogen-bond donors (Lipinski definition) is 2. The molecule has 2 aromatic carbocycles. The van der Waals surface area contributed by atoms with Crippen molar-refractivity contribution in [1.29, 1.82) is 0 Å². The molecule has 0 aromatic heterocycles. The fourth-order valence-electron chi connectivity index (χ4n) is 2.52. The van der Waals surface area contributed by atoms with Gasteiger partial charge in [-0.2, -0.15) is 0 Å². The van der Waals surface area contributed by atoms with E-state index in [1.807, 2.05) is 31.2 Å². The summed E-state index contributed by atoms with van der Waals surface area (Å²) in [7, 11) is 0. The Bertz CT molecular complexity index is 679. The van der Waals surface area contributed by atoms with Crippen LogP contribution in [-0.4, -0.2) is 43.1 Å². The first-order valence-electron chi connectivity index (χ1n) is 8.30. The first-order valence-corrected chi connectivity index (χ1v) is 8.68. The van der Waals surface area contributed by atoms with E-state index in [0.717, 1.165) is 11.5 Å². The Hall–Kier alpha value is -1.95. The van der Waals surface area contributed by atoms with E-state index in [1.54, 1.807) is 24.3 Å². The maximum Gasteiger partial charge on any atom is 0.161 e. The molecule has 3 atom stereocenters. The summed E-state index contributed by atoms with van der Waals surface area (Å²) >= 11 is 5.83. The smallest absolute Gasteiger partial charge is 0.161 e. The maximum atomic E-state index is 10.1. The summed E-state index contributed by atoms with van der Waals surface area (Å²) in [6.45, 7) is 3.08. The zero-order valence-electron chi connectivity index (χ0n) is 14.0. The lowest BCUT2D eigenvalue weighted by atomic mass is 10.1. The zero-order valence-corrected chi connectivity index (χ0v) is 14.8. The van der Waals surface area contributed by atoms with E-state index in [2.05, 4.69) is 5.32 Å². The van der Waals surface area contributed by atoms with Gasteiger partial charge in [0.1, 0.15) is 31.2 Å². The summed E-state index contributed by atoms with van der Waals surface area (Å²) in [5, 5.41) is 14.0. The van der Waals surface area contributed by atoms with Gasteiger partial charge in [-0.05, 0) is 43.3 Å². The highest BCUT2D eigenvalue weighted by Crippen LogP contribution is 2.31. The van der Waals surface area contributed by atoms with Crippen molar-refractivity contribution in [1.82, 2.24) is 5.32 Å². The minimum Gasteiger partial charge on any atom is -0.491 e. The van der Waals surface area contributed by atoms with E-state index in [0.29, 0.717) is 23.9 Å². The molecule has 6 heteroatoms. The zero-order chi connectivity index (χ0) is 17.6. The van der Waals surface area contributed by atoms with Crippen molar-refractivity contribution >= 4 is 11.6 Å². The molecule has 0 amide bonds. The maximum absolute atomic E-state index is 10.1. The lowest BCUT2D eigenvalue weighted by Crippen LogP contribution is -2.48. The normalized spacial score (nSPS) is 18.4. The van der Waals surface area contributed by atoms with Crippen LogP contribution in [0, 0.1) is 0 Å². The third-order valence-corrected chi connectivity index (χ3v) is 4.27. The molecular weight excluding hydrogens is 342 g/mol. The fraction of sp³-hybridized carbons (Fsp3) is 0.368. The predicted molar refractivity (Wildman–Crippen MR) is 96.8 cm³/mol. The van der Waals surface area contributed by atoms with Gasteiger partial charge in [0, 0.05) is 17.6 Å². The number of nitrogens with one attached hydrogen (secondary N) is 1. The molecule has 134 valence electrons. The number of ether oxygens (including phenoxy) is 3. The van der Waals surface area contributed by atoms with Gasteiger partial charge in [0.15, 0.2) is 11.5 Å². The Morgan fingerprint density at radius 3 is 2.68 bits per heavy atom. The molecule has 2 N–H and O–H groups in total. The molecule has 3 rings (SSSR count).